The molecule has 37 heavy (non-hydrogen) atoms. The van der Waals surface area contributed by atoms with E-state index in [2.05, 4.69) is 20.0 Å². The maximum atomic E-state index is 12.5. The van der Waals surface area contributed by atoms with E-state index in [4.69, 9.17) is 14.5 Å². The highest BCUT2D eigenvalue weighted by molar-refractivity contribution is 7.89. The van der Waals surface area contributed by atoms with Crippen LogP contribution in [0.5, 0.6) is 11.5 Å². The Morgan fingerprint density at radius 1 is 0.919 bits per heavy atom. The van der Waals surface area contributed by atoms with E-state index < -0.39 is 10.0 Å². The molecule has 190 valence electrons. The molecule has 0 saturated carbocycles. The molecule has 0 fully saturated rings. The van der Waals surface area contributed by atoms with Gasteiger partial charge >= 0.3 is 0 Å². The highest BCUT2D eigenvalue weighted by Gasteiger charge is 2.19. The monoisotopic (exact) mass is 536 g/mol. The standard InChI is InChI=1S/C25H24N6O4S2/c1-34-18-5-3-17(4-6-18)22-23(31-15-16-36-25(31)30-22)21-11-12-26-24(29-21)27-13-14-28-37(32,33)20-9-7-19(35-2)8-10-20/h3-12,15-16,28H,13-14H2,1-2H3,(H,26,27,29). The molecule has 0 amide bonds. The van der Waals surface area contributed by atoms with E-state index in [-0.39, 0.29) is 11.4 Å². The Hall–Kier alpha value is -4.00. The molecule has 0 aliphatic rings. The van der Waals surface area contributed by atoms with Gasteiger partial charge in [0.2, 0.25) is 16.0 Å². The van der Waals surface area contributed by atoms with Gasteiger partial charge in [-0.25, -0.2) is 28.1 Å². The first kappa shape index (κ1) is 24.7. The van der Waals surface area contributed by atoms with Crippen molar-refractivity contribution in [1.29, 1.82) is 0 Å². The Morgan fingerprint density at radius 2 is 1.62 bits per heavy atom. The fraction of sp³-hybridized carbons (Fsp3) is 0.160. The van der Waals surface area contributed by atoms with E-state index >= 15 is 0 Å². The van der Waals surface area contributed by atoms with Gasteiger partial charge in [0, 0.05) is 36.4 Å². The van der Waals surface area contributed by atoms with Crippen LogP contribution in [0, 0.1) is 0 Å². The summed E-state index contributed by atoms with van der Waals surface area (Å²) in [4.78, 5) is 14.8. The Kier molecular flexibility index (Phi) is 7.04. The van der Waals surface area contributed by atoms with Crippen molar-refractivity contribution in [3.05, 3.63) is 72.4 Å². The second kappa shape index (κ2) is 10.5. The molecule has 0 aliphatic heterocycles. The lowest BCUT2D eigenvalue weighted by Crippen LogP contribution is -2.29. The predicted molar refractivity (Wildman–Crippen MR) is 143 cm³/mol. The first-order chi connectivity index (χ1) is 18.0. The molecule has 0 saturated heterocycles. The average molecular weight is 537 g/mol. The van der Waals surface area contributed by atoms with Crippen LogP contribution in [0.1, 0.15) is 0 Å². The maximum Gasteiger partial charge on any atom is 0.240 e. The number of hydrogen-bond acceptors (Lipinski definition) is 9. The number of nitrogens with one attached hydrogen (secondary N) is 2. The fourth-order valence-electron chi connectivity index (χ4n) is 3.75. The topological polar surface area (TPSA) is 120 Å². The van der Waals surface area contributed by atoms with Crippen LogP contribution in [0.2, 0.25) is 0 Å². The van der Waals surface area contributed by atoms with Gasteiger partial charge in [-0.15, -0.1) is 11.3 Å². The lowest BCUT2D eigenvalue weighted by molar-refractivity contribution is 0.414. The summed E-state index contributed by atoms with van der Waals surface area (Å²) in [7, 11) is -0.489. The van der Waals surface area contributed by atoms with Gasteiger partial charge in [0.15, 0.2) is 4.96 Å². The number of anilines is 1. The molecule has 2 aromatic carbocycles. The number of hydrogen-bond donors (Lipinski definition) is 2. The van der Waals surface area contributed by atoms with Crippen molar-refractivity contribution in [1.82, 2.24) is 24.1 Å². The quantitative estimate of drug-likeness (QED) is 0.258. The summed E-state index contributed by atoms with van der Waals surface area (Å²) in [5, 5.41) is 5.06. The molecule has 2 N–H and O–H groups in total. The van der Waals surface area contributed by atoms with Crippen LogP contribution in [0.3, 0.4) is 0 Å². The number of fused-ring (bicyclic) bond motifs is 1. The van der Waals surface area contributed by atoms with Gasteiger partial charge in [-0.1, -0.05) is 0 Å². The zero-order valence-corrected chi connectivity index (χ0v) is 21.7. The van der Waals surface area contributed by atoms with E-state index in [1.807, 2.05) is 46.3 Å². The number of imidazole rings is 1. The number of ether oxygens (including phenoxy) is 2. The zero-order valence-electron chi connectivity index (χ0n) is 20.1. The predicted octanol–water partition coefficient (Wildman–Crippen LogP) is 3.93. The summed E-state index contributed by atoms with van der Waals surface area (Å²) in [6.07, 6.45) is 3.62. The Labute approximate surface area is 218 Å². The molecule has 0 radical (unpaired) electrons. The number of aromatic nitrogens is 4. The van der Waals surface area contributed by atoms with Gasteiger partial charge < -0.3 is 14.8 Å². The fourth-order valence-corrected chi connectivity index (χ4v) is 5.50. The highest BCUT2D eigenvalue weighted by atomic mass is 32.2. The molecule has 0 spiro atoms. The first-order valence-electron chi connectivity index (χ1n) is 11.3. The minimum Gasteiger partial charge on any atom is -0.497 e. The highest BCUT2D eigenvalue weighted by Crippen LogP contribution is 2.34. The van der Waals surface area contributed by atoms with Crippen LogP contribution in [0.25, 0.3) is 27.6 Å². The zero-order chi connectivity index (χ0) is 25.8. The van der Waals surface area contributed by atoms with Crippen LogP contribution in [-0.2, 0) is 10.0 Å². The summed E-state index contributed by atoms with van der Waals surface area (Å²) in [5.41, 5.74) is 3.26. The Morgan fingerprint density at radius 3 is 2.32 bits per heavy atom. The van der Waals surface area contributed by atoms with Crippen molar-refractivity contribution in [2.75, 3.05) is 32.6 Å². The van der Waals surface area contributed by atoms with E-state index in [1.165, 1.54) is 30.6 Å². The van der Waals surface area contributed by atoms with Crippen molar-refractivity contribution in [2.45, 2.75) is 4.90 Å². The number of nitrogens with zero attached hydrogens (tertiary/aromatic N) is 4. The van der Waals surface area contributed by atoms with Crippen molar-refractivity contribution in [3.8, 4) is 34.1 Å². The van der Waals surface area contributed by atoms with E-state index in [9.17, 15) is 8.42 Å². The minimum atomic E-state index is -3.65. The summed E-state index contributed by atoms with van der Waals surface area (Å²) >= 11 is 1.54. The number of benzene rings is 2. The number of sulfonamides is 1. The molecule has 12 heteroatoms. The maximum absolute atomic E-state index is 12.5. The molecule has 0 atom stereocenters. The summed E-state index contributed by atoms with van der Waals surface area (Å²) in [6, 6.07) is 15.7. The molecule has 5 aromatic rings. The van der Waals surface area contributed by atoms with Crippen LogP contribution < -0.4 is 19.5 Å². The molecule has 10 nitrogen and oxygen atoms in total. The van der Waals surface area contributed by atoms with Gasteiger partial charge in [0.1, 0.15) is 17.2 Å². The van der Waals surface area contributed by atoms with Crippen LogP contribution in [0.15, 0.2) is 77.3 Å². The third kappa shape index (κ3) is 5.26. The molecule has 5 rings (SSSR count). The molecule has 3 heterocycles. The Bertz CT molecular complexity index is 1610. The van der Waals surface area contributed by atoms with E-state index in [1.54, 1.807) is 25.4 Å². The largest absolute Gasteiger partial charge is 0.497 e. The summed E-state index contributed by atoms with van der Waals surface area (Å²) in [5.74, 6) is 1.74. The van der Waals surface area contributed by atoms with Crippen molar-refractivity contribution < 1.29 is 17.9 Å². The SMILES string of the molecule is COc1ccc(-c2nc3sccn3c2-c2ccnc(NCCNS(=O)(=O)c3ccc(OC)cc3)n2)cc1. The minimum absolute atomic E-state index is 0.153. The summed E-state index contributed by atoms with van der Waals surface area (Å²) in [6.45, 7) is 0.449. The van der Waals surface area contributed by atoms with Crippen molar-refractivity contribution >= 4 is 32.3 Å². The second-order valence-corrected chi connectivity index (χ2v) is 10.5. The van der Waals surface area contributed by atoms with Crippen molar-refractivity contribution in [2.24, 2.45) is 0 Å². The molecule has 0 bridgehead atoms. The van der Waals surface area contributed by atoms with E-state index in [0.29, 0.717) is 23.9 Å². The number of thiazole rings is 1. The lowest BCUT2D eigenvalue weighted by atomic mass is 10.1. The third-order valence-corrected chi connectivity index (χ3v) is 7.83. The summed E-state index contributed by atoms with van der Waals surface area (Å²) < 4.78 is 40.0. The van der Waals surface area contributed by atoms with Crippen LogP contribution >= 0.6 is 11.3 Å². The van der Waals surface area contributed by atoms with Gasteiger partial charge in [0.25, 0.3) is 0 Å². The normalized spacial score (nSPS) is 11.5. The average Bonchev–Trinajstić information content (AvgIpc) is 3.53. The Balaban J connectivity index is 1.32. The molecular formula is C25H24N6O4S2. The molecule has 0 unspecified atom stereocenters. The van der Waals surface area contributed by atoms with Crippen LogP contribution in [0.4, 0.5) is 5.95 Å². The van der Waals surface area contributed by atoms with Crippen molar-refractivity contribution in [3.63, 3.8) is 0 Å². The number of rotatable bonds is 10. The van der Waals surface area contributed by atoms with Gasteiger partial charge in [-0.2, -0.15) is 0 Å². The third-order valence-electron chi connectivity index (χ3n) is 5.59. The smallest absolute Gasteiger partial charge is 0.240 e. The lowest BCUT2D eigenvalue weighted by Gasteiger charge is -2.10. The second-order valence-electron chi connectivity index (χ2n) is 7.86. The molecule has 3 aromatic heterocycles. The number of methoxy groups -OCH3 is 2. The van der Waals surface area contributed by atoms with Gasteiger partial charge in [-0.05, 0) is 54.6 Å². The van der Waals surface area contributed by atoms with Crippen LogP contribution in [-0.4, -0.2) is 55.1 Å². The first-order valence-corrected chi connectivity index (χ1v) is 13.7. The van der Waals surface area contributed by atoms with Gasteiger partial charge in [-0.3, -0.25) is 4.40 Å². The molecule has 0 aliphatic carbocycles. The molecular weight excluding hydrogens is 512 g/mol. The van der Waals surface area contributed by atoms with E-state index in [0.717, 1.165) is 27.7 Å². The van der Waals surface area contributed by atoms with Gasteiger partial charge in [0.05, 0.1) is 30.5 Å².